The van der Waals surface area contributed by atoms with Crippen LogP contribution in [-0.4, -0.2) is 23.9 Å². The van der Waals surface area contributed by atoms with E-state index in [2.05, 4.69) is 41.5 Å². The van der Waals surface area contributed by atoms with Crippen LogP contribution < -0.4 is 20.1 Å². The normalized spacial score (nSPS) is 15.1. The number of carbonyl (C=O) groups excluding carboxylic acids is 1. The molecule has 5 rings (SSSR count). The largest absolute Gasteiger partial charge is 0.458 e. The van der Waals surface area contributed by atoms with Gasteiger partial charge in [-0.2, -0.15) is 0 Å². The van der Waals surface area contributed by atoms with E-state index in [0.717, 1.165) is 36.4 Å². The third-order valence-corrected chi connectivity index (χ3v) is 6.41. The van der Waals surface area contributed by atoms with E-state index in [9.17, 15) is 4.79 Å². The summed E-state index contributed by atoms with van der Waals surface area (Å²) in [5.74, 6) is 0.997. The van der Waals surface area contributed by atoms with Crippen LogP contribution in [0.4, 0.5) is 11.4 Å². The van der Waals surface area contributed by atoms with Crippen molar-refractivity contribution in [2.24, 2.45) is 0 Å². The first-order valence-electron chi connectivity index (χ1n) is 11.6. The fourth-order valence-corrected chi connectivity index (χ4v) is 4.44. The highest BCUT2D eigenvalue weighted by Gasteiger charge is 2.29. The van der Waals surface area contributed by atoms with Crippen LogP contribution in [0.2, 0.25) is 5.02 Å². The molecule has 2 N–H and O–H groups in total. The average molecular weight is 488 g/mol. The highest BCUT2D eigenvalue weighted by Crippen LogP contribution is 2.41. The predicted octanol–water partition coefficient (Wildman–Crippen LogP) is 6.36. The standard InChI is InChI=1S/C28H26ClN3O3/c1-3-32(4-2)17-18-5-9-21(10-6-18)30-27(19-7-12-24-25(15-19)35-14-13-34-24)26-22-11-8-20(29)16-23(22)31-28(26)33/h5-16,30H,3-4,17H2,1-2H3,(H,31,33)/b27-26-. The van der Waals surface area contributed by atoms with Gasteiger partial charge in [0, 0.05) is 28.4 Å². The maximum Gasteiger partial charge on any atom is 0.258 e. The molecule has 0 saturated carbocycles. The van der Waals surface area contributed by atoms with Crippen LogP contribution in [0.5, 0.6) is 11.5 Å². The summed E-state index contributed by atoms with van der Waals surface area (Å²) in [7, 11) is 0. The average Bonchev–Trinajstić information content (AvgIpc) is 3.20. The number of amides is 1. The minimum Gasteiger partial charge on any atom is -0.458 e. The molecule has 6 nitrogen and oxygen atoms in total. The van der Waals surface area contributed by atoms with Crippen LogP contribution in [0, 0.1) is 0 Å². The lowest BCUT2D eigenvalue weighted by atomic mass is 9.99. The number of ether oxygens (including phenoxy) is 2. The van der Waals surface area contributed by atoms with E-state index >= 15 is 0 Å². The molecule has 35 heavy (non-hydrogen) atoms. The summed E-state index contributed by atoms with van der Waals surface area (Å²) in [6, 6.07) is 19.3. The van der Waals surface area contributed by atoms with Gasteiger partial charge < -0.3 is 20.1 Å². The van der Waals surface area contributed by atoms with Gasteiger partial charge in [-0.15, -0.1) is 0 Å². The molecule has 0 aliphatic carbocycles. The van der Waals surface area contributed by atoms with E-state index in [-0.39, 0.29) is 5.91 Å². The number of hydrogen-bond donors (Lipinski definition) is 2. The minimum atomic E-state index is -0.197. The Hall–Kier alpha value is -3.74. The van der Waals surface area contributed by atoms with Crippen LogP contribution in [0.3, 0.4) is 0 Å². The molecular weight excluding hydrogens is 462 g/mol. The second-order valence-corrected chi connectivity index (χ2v) is 8.78. The Morgan fingerprint density at radius 2 is 1.69 bits per heavy atom. The maximum atomic E-state index is 13.2. The van der Waals surface area contributed by atoms with E-state index < -0.39 is 0 Å². The van der Waals surface area contributed by atoms with Crippen molar-refractivity contribution in [1.82, 2.24) is 4.90 Å². The lowest BCUT2D eigenvalue weighted by Gasteiger charge is -2.19. The summed E-state index contributed by atoms with van der Waals surface area (Å²) in [6.45, 7) is 7.24. The van der Waals surface area contributed by atoms with Gasteiger partial charge in [0.2, 0.25) is 0 Å². The number of halogens is 1. The first-order chi connectivity index (χ1) is 17.1. The second kappa shape index (κ2) is 9.86. The molecule has 178 valence electrons. The Balaban J connectivity index is 1.56. The van der Waals surface area contributed by atoms with Crippen molar-refractivity contribution in [3.8, 4) is 11.5 Å². The summed E-state index contributed by atoms with van der Waals surface area (Å²) in [5, 5.41) is 7.00. The highest BCUT2D eigenvalue weighted by atomic mass is 35.5. The molecule has 0 bridgehead atoms. The number of benzene rings is 3. The molecular formula is C28H26ClN3O3. The monoisotopic (exact) mass is 487 g/mol. The summed E-state index contributed by atoms with van der Waals surface area (Å²) in [5.41, 5.74) is 5.58. The highest BCUT2D eigenvalue weighted by molar-refractivity contribution is 6.38. The van der Waals surface area contributed by atoms with Gasteiger partial charge in [-0.3, -0.25) is 9.69 Å². The fourth-order valence-electron chi connectivity index (χ4n) is 4.27. The van der Waals surface area contributed by atoms with Crippen LogP contribution in [0.15, 0.2) is 73.2 Å². The Bertz CT molecular complexity index is 1330. The topological polar surface area (TPSA) is 62.8 Å². The first-order valence-corrected chi connectivity index (χ1v) is 12.0. The van der Waals surface area contributed by atoms with Crippen LogP contribution in [0.1, 0.15) is 30.5 Å². The minimum absolute atomic E-state index is 0.197. The Morgan fingerprint density at radius 1 is 0.943 bits per heavy atom. The third kappa shape index (κ3) is 4.76. The van der Waals surface area contributed by atoms with Gasteiger partial charge in [0.05, 0.1) is 17.0 Å². The predicted molar refractivity (Wildman–Crippen MR) is 140 cm³/mol. The third-order valence-electron chi connectivity index (χ3n) is 6.18. The molecule has 2 aliphatic rings. The summed E-state index contributed by atoms with van der Waals surface area (Å²) < 4.78 is 11.2. The molecule has 0 saturated heterocycles. The molecule has 3 aromatic carbocycles. The van der Waals surface area contributed by atoms with Gasteiger partial charge in [-0.25, -0.2) is 0 Å². The summed E-state index contributed by atoms with van der Waals surface area (Å²) in [4.78, 5) is 15.5. The number of fused-ring (bicyclic) bond motifs is 2. The van der Waals surface area contributed by atoms with E-state index in [1.54, 1.807) is 12.1 Å². The van der Waals surface area contributed by atoms with Crippen molar-refractivity contribution in [2.75, 3.05) is 23.7 Å². The smallest absolute Gasteiger partial charge is 0.258 e. The van der Waals surface area contributed by atoms with E-state index in [4.69, 9.17) is 21.1 Å². The van der Waals surface area contributed by atoms with Gasteiger partial charge in [0.25, 0.3) is 5.91 Å². The molecule has 1 amide bonds. The maximum absolute atomic E-state index is 13.2. The summed E-state index contributed by atoms with van der Waals surface area (Å²) >= 11 is 6.17. The lowest BCUT2D eigenvalue weighted by molar-refractivity contribution is -0.110. The second-order valence-electron chi connectivity index (χ2n) is 8.35. The molecule has 0 aromatic heterocycles. The summed E-state index contributed by atoms with van der Waals surface area (Å²) in [6.07, 6.45) is 2.98. The SMILES string of the molecule is CCN(CC)Cc1ccc(N/C(=C2\C(=O)Nc3cc(Cl)ccc32)c2ccc3c(c2)OC=CO3)cc1. The molecule has 0 radical (unpaired) electrons. The van der Waals surface area contributed by atoms with Crippen molar-refractivity contribution < 1.29 is 14.3 Å². The van der Waals surface area contributed by atoms with Gasteiger partial charge >= 0.3 is 0 Å². The number of hydrogen-bond acceptors (Lipinski definition) is 5. The molecule has 2 aliphatic heterocycles. The van der Waals surface area contributed by atoms with Crippen molar-refractivity contribution >= 4 is 40.2 Å². The van der Waals surface area contributed by atoms with E-state index in [0.29, 0.717) is 33.5 Å². The zero-order chi connectivity index (χ0) is 24.4. The van der Waals surface area contributed by atoms with Crippen LogP contribution in [-0.2, 0) is 11.3 Å². The number of nitrogens with zero attached hydrogens (tertiary/aromatic N) is 1. The molecule has 0 atom stereocenters. The molecule has 0 unspecified atom stereocenters. The first kappa shape index (κ1) is 23.0. The number of anilines is 2. The number of rotatable bonds is 7. The lowest BCUT2D eigenvalue weighted by Crippen LogP contribution is -2.22. The van der Waals surface area contributed by atoms with Crippen LogP contribution >= 0.6 is 11.6 Å². The number of nitrogens with one attached hydrogen (secondary N) is 2. The van der Waals surface area contributed by atoms with E-state index in [1.807, 2.05) is 36.4 Å². The Morgan fingerprint density at radius 3 is 2.43 bits per heavy atom. The molecule has 3 aromatic rings. The fraction of sp³-hybridized carbons (Fsp3) is 0.179. The van der Waals surface area contributed by atoms with Crippen LogP contribution in [0.25, 0.3) is 11.3 Å². The van der Waals surface area contributed by atoms with E-state index in [1.165, 1.54) is 18.1 Å². The Labute approximate surface area is 209 Å². The Kier molecular flexibility index (Phi) is 6.49. The number of carbonyl (C=O) groups is 1. The van der Waals surface area contributed by atoms with Crippen molar-refractivity contribution in [2.45, 2.75) is 20.4 Å². The molecule has 0 spiro atoms. The molecule has 2 heterocycles. The molecule has 0 fully saturated rings. The van der Waals surface area contributed by atoms with Crippen molar-refractivity contribution in [3.63, 3.8) is 0 Å². The quantitative estimate of drug-likeness (QED) is 0.380. The zero-order valence-corrected chi connectivity index (χ0v) is 20.4. The van der Waals surface area contributed by atoms with Gasteiger partial charge in [0.15, 0.2) is 11.5 Å². The van der Waals surface area contributed by atoms with Crippen molar-refractivity contribution in [3.05, 3.63) is 94.9 Å². The molecule has 7 heteroatoms. The van der Waals surface area contributed by atoms with Crippen molar-refractivity contribution in [1.29, 1.82) is 0 Å². The van der Waals surface area contributed by atoms with Gasteiger partial charge in [-0.05, 0) is 61.1 Å². The van der Waals surface area contributed by atoms with Gasteiger partial charge in [0.1, 0.15) is 12.5 Å². The van der Waals surface area contributed by atoms with Gasteiger partial charge in [-0.1, -0.05) is 43.6 Å². The zero-order valence-electron chi connectivity index (χ0n) is 19.6.